The van der Waals surface area contributed by atoms with E-state index in [9.17, 15) is 0 Å². The number of H-pyrrole nitrogens is 1. The van der Waals surface area contributed by atoms with Crippen LogP contribution in [0, 0.1) is 5.92 Å². The van der Waals surface area contributed by atoms with E-state index in [0.717, 1.165) is 45.7 Å². The molecule has 0 unspecified atom stereocenters. The van der Waals surface area contributed by atoms with Gasteiger partial charge in [-0.15, -0.1) is 0 Å². The first-order chi connectivity index (χ1) is 12.3. The number of hydrogen-bond acceptors (Lipinski definition) is 2. The van der Waals surface area contributed by atoms with Crippen LogP contribution in [0.25, 0.3) is 22.2 Å². The van der Waals surface area contributed by atoms with Crippen LogP contribution in [-0.2, 0) is 6.42 Å². The molecule has 0 atom stereocenters. The van der Waals surface area contributed by atoms with E-state index in [2.05, 4.69) is 45.3 Å². The maximum absolute atomic E-state index is 6.16. The van der Waals surface area contributed by atoms with Gasteiger partial charge in [0, 0.05) is 22.2 Å². The fourth-order valence-electron chi connectivity index (χ4n) is 3.44. The zero-order chi connectivity index (χ0) is 17.1. The van der Waals surface area contributed by atoms with Gasteiger partial charge in [0.25, 0.3) is 0 Å². The summed E-state index contributed by atoms with van der Waals surface area (Å²) in [6, 6.07) is 7.93. The van der Waals surface area contributed by atoms with Crippen molar-refractivity contribution in [2.45, 2.75) is 25.7 Å². The van der Waals surface area contributed by atoms with Gasteiger partial charge in [0.15, 0.2) is 0 Å². The zero-order valence-corrected chi connectivity index (χ0v) is 14.7. The van der Waals surface area contributed by atoms with Crippen molar-refractivity contribution in [1.82, 2.24) is 15.0 Å². The molecule has 0 bridgehead atoms. The highest BCUT2D eigenvalue weighted by atomic mass is 35.5. The summed E-state index contributed by atoms with van der Waals surface area (Å²) >= 11 is 6.16. The summed E-state index contributed by atoms with van der Waals surface area (Å²) < 4.78 is 0. The van der Waals surface area contributed by atoms with Crippen LogP contribution in [0.5, 0.6) is 0 Å². The molecule has 0 amide bonds. The number of nitrogens with one attached hydrogen (secondary N) is 1. The van der Waals surface area contributed by atoms with Gasteiger partial charge < -0.3 is 4.98 Å². The first kappa shape index (κ1) is 16.1. The Balaban J connectivity index is 1.55. The maximum atomic E-state index is 6.16. The molecule has 3 nitrogen and oxygen atoms in total. The third kappa shape index (κ3) is 3.52. The Bertz CT molecular complexity index is 927. The minimum atomic E-state index is 0.611. The van der Waals surface area contributed by atoms with E-state index in [4.69, 9.17) is 11.6 Å². The van der Waals surface area contributed by atoms with Crippen LogP contribution in [0.1, 0.15) is 25.0 Å². The van der Waals surface area contributed by atoms with E-state index in [0.29, 0.717) is 5.92 Å². The number of unbranched alkanes of at least 4 members (excludes halogenated alkanes) is 1. The normalized spacial score (nSPS) is 14.0. The van der Waals surface area contributed by atoms with Crippen LogP contribution in [0.3, 0.4) is 0 Å². The zero-order valence-electron chi connectivity index (χ0n) is 14.0. The third-order valence-corrected chi connectivity index (χ3v) is 4.95. The van der Waals surface area contributed by atoms with Crippen molar-refractivity contribution in [1.29, 1.82) is 0 Å². The average Bonchev–Trinajstić information content (AvgIpc) is 3.28. The highest BCUT2D eigenvalue weighted by Gasteiger charge is 2.13. The number of hydrogen-bond donors (Lipinski definition) is 1. The molecule has 0 radical (unpaired) electrons. The van der Waals surface area contributed by atoms with Gasteiger partial charge in [-0.2, -0.15) is 0 Å². The minimum Gasteiger partial charge on any atom is -0.345 e. The molecule has 0 aliphatic heterocycles. The number of rotatable bonds is 6. The number of halogens is 1. The number of benzene rings is 1. The molecule has 1 aliphatic carbocycles. The summed E-state index contributed by atoms with van der Waals surface area (Å²) in [6.07, 6.45) is 17.0. The van der Waals surface area contributed by atoms with Crippen molar-refractivity contribution in [2.75, 3.05) is 0 Å². The topological polar surface area (TPSA) is 41.6 Å². The van der Waals surface area contributed by atoms with Crippen LogP contribution < -0.4 is 0 Å². The smallest absolute Gasteiger partial charge is 0.141 e. The molecule has 0 saturated carbocycles. The number of nitrogens with zero attached hydrogens (tertiary/aromatic N) is 2. The Labute approximate surface area is 152 Å². The summed E-state index contributed by atoms with van der Waals surface area (Å²) in [4.78, 5) is 12.2. The Morgan fingerprint density at radius 2 is 1.96 bits per heavy atom. The number of aromatic amines is 1. The lowest BCUT2D eigenvalue weighted by Crippen LogP contribution is -1.96. The van der Waals surface area contributed by atoms with Gasteiger partial charge in [0.2, 0.25) is 0 Å². The van der Waals surface area contributed by atoms with Crippen molar-refractivity contribution in [2.24, 2.45) is 5.92 Å². The van der Waals surface area contributed by atoms with Gasteiger partial charge in [0.1, 0.15) is 12.0 Å². The third-order valence-electron chi connectivity index (χ3n) is 4.71. The summed E-state index contributed by atoms with van der Waals surface area (Å²) in [6.45, 7) is 0. The Kier molecular flexibility index (Phi) is 4.66. The van der Waals surface area contributed by atoms with Crippen molar-refractivity contribution in [3.05, 3.63) is 71.8 Å². The fourth-order valence-corrected chi connectivity index (χ4v) is 3.63. The first-order valence-electron chi connectivity index (χ1n) is 8.73. The standard InChI is InChI=1S/C21H20ClN3/c22-17-10-5-9-16(12-17)18-13-23-21-20(18)19(24-14-25-21)11-4-3-8-15-6-1-2-7-15/h1-2,5-7,9-10,12-15H,3-4,8,11H2,(H,23,24,25). The number of aromatic nitrogens is 3. The quantitative estimate of drug-likeness (QED) is 0.577. The SMILES string of the molecule is Clc1cccc(-c2c[nH]c3ncnc(CCCCC4C=CC=C4)c23)c1. The Morgan fingerprint density at radius 3 is 2.80 bits per heavy atom. The first-order valence-corrected chi connectivity index (χ1v) is 9.11. The second-order valence-electron chi connectivity index (χ2n) is 6.44. The van der Waals surface area contributed by atoms with Crippen LogP contribution >= 0.6 is 11.6 Å². The summed E-state index contributed by atoms with van der Waals surface area (Å²) in [5.74, 6) is 0.611. The fraction of sp³-hybridized carbons (Fsp3) is 0.238. The molecule has 2 heterocycles. The summed E-state index contributed by atoms with van der Waals surface area (Å²) in [7, 11) is 0. The molecular formula is C21H20ClN3. The van der Waals surface area contributed by atoms with E-state index >= 15 is 0 Å². The summed E-state index contributed by atoms with van der Waals surface area (Å²) in [5.41, 5.74) is 4.21. The monoisotopic (exact) mass is 349 g/mol. The van der Waals surface area contributed by atoms with Gasteiger partial charge in [-0.25, -0.2) is 9.97 Å². The second-order valence-corrected chi connectivity index (χ2v) is 6.87. The van der Waals surface area contributed by atoms with Gasteiger partial charge in [-0.1, -0.05) is 54.5 Å². The molecule has 2 aromatic heterocycles. The van der Waals surface area contributed by atoms with Crippen molar-refractivity contribution >= 4 is 22.6 Å². The maximum Gasteiger partial charge on any atom is 0.141 e. The van der Waals surface area contributed by atoms with Crippen molar-refractivity contribution in [3.63, 3.8) is 0 Å². The van der Waals surface area contributed by atoms with Crippen LogP contribution in [-0.4, -0.2) is 15.0 Å². The Hall–Kier alpha value is -2.39. The largest absolute Gasteiger partial charge is 0.345 e. The highest BCUT2D eigenvalue weighted by Crippen LogP contribution is 2.31. The molecule has 126 valence electrons. The lowest BCUT2D eigenvalue weighted by atomic mass is 10.00. The van der Waals surface area contributed by atoms with E-state index in [1.54, 1.807) is 6.33 Å². The van der Waals surface area contributed by atoms with Crippen LogP contribution in [0.2, 0.25) is 5.02 Å². The minimum absolute atomic E-state index is 0.611. The second kappa shape index (κ2) is 7.24. The van der Waals surface area contributed by atoms with E-state index in [1.807, 2.05) is 24.4 Å². The van der Waals surface area contributed by atoms with Gasteiger partial charge in [-0.3, -0.25) is 0 Å². The van der Waals surface area contributed by atoms with E-state index < -0.39 is 0 Å². The molecule has 0 fully saturated rings. The molecule has 1 aliphatic rings. The molecule has 0 saturated heterocycles. The molecular weight excluding hydrogens is 330 g/mol. The average molecular weight is 350 g/mol. The Morgan fingerprint density at radius 1 is 1.08 bits per heavy atom. The molecule has 0 spiro atoms. The van der Waals surface area contributed by atoms with Crippen molar-refractivity contribution < 1.29 is 0 Å². The molecule has 4 heteroatoms. The van der Waals surface area contributed by atoms with E-state index in [1.165, 1.54) is 12.8 Å². The number of allylic oxidation sites excluding steroid dienone is 4. The van der Waals surface area contributed by atoms with Gasteiger partial charge >= 0.3 is 0 Å². The molecule has 1 N–H and O–H groups in total. The number of aryl methyl sites for hydroxylation is 1. The lowest BCUT2D eigenvalue weighted by Gasteiger charge is -2.07. The number of fused-ring (bicyclic) bond motifs is 1. The molecule has 3 aromatic rings. The van der Waals surface area contributed by atoms with E-state index in [-0.39, 0.29) is 0 Å². The van der Waals surface area contributed by atoms with Crippen LogP contribution in [0.15, 0.2) is 61.1 Å². The predicted molar refractivity (Wildman–Crippen MR) is 104 cm³/mol. The van der Waals surface area contributed by atoms with Gasteiger partial charge in [0.05, 0.1) is 5.69 Å². The lowest BCUT2D eigenvalue weighted by molar-refractivity contribution is 0.619. The van der Waals surface area contributed by atoms with Crippen LogP contribution in [0.4, 0.5) is 0 Å². The predicted octanol–water partition coefficient (Wildman–Crippen LogP) is 5.73. The molecule has 4 rings (SSSR count). The molecule has 1 aromatic carbocycles. The van der Waals surface area contributed by atoms with Gasteiger partial charge in [-0.05, 0) is 42.9 Å². The highest BCUT2D eigenvalue weighted by molar-refractivity contribution is 6.30. The summed E-state index contributed by atoms with van der Waals surface area (Å²) in [5, 5.41) is 1.85. The van der Waals surface area contributed by atoms with Crippen molar-refractivity contribution in [3.8, 4) is 11.1 Å². The molecule has 25 heavy (non-hydrogen) atoms.